The highest BCUT2D eigenvalue weighted by molar-refractivity contribution is 5.70. The van der Waals surface area contributed by atoms with E-state index in [2.05, 4.69) is 4.98 Å². The minimum atomic E-state index is -2.81. The van der Waals surface area contributed by atoms with Crippen molar-refractivity contribution in [1.82, 2.24) is 18.7 Å². The summed E-state index contributed by atoms with van der Waals surface area (Å²) in [5.74, 6) is -0.381. The fraction of sp³-hybridized carbons (Fsp3) is 0.615. The lowest BCUT2D eigenvalue weighted by Crippen LogP contribution is -2.40. The molecule has 2 rings (SSSR count). The van der Waals surface area contributed by atoms with E-state index in [1.807, 2.05) is 13.8 Å². The molecule has 116 valence electrons. The number of imidazole rings is 1. The molecule has 0 spiro atoms. The standard InChI is InChI=1S/C13H18F2N4O2/c1-5-7(2)6-19-12(20)8-10(18(4)13(19)21)16-11(9(14)15)17(8)3/h7,9H,5-6H2,1-4H3. The molecule has 0 fully saturated rings. The van der Waals surface area contributed by atoms with Crippen molar-refractivity contribution < 1.29 is 8.78 Å². The summed E-state index contributed by atoms with van der Waals surface area (Å²) in [4.78, 5) is 28.4. The molecule has 0 aliphatic carbocycles. The quantitative estimate of drug-likeness (QED) is 0.858. The van der Waals surface area contributed by atoms with Crippen LogP contribution in [-0.4, -0.2) is 18.7 Å². The van der Waals surface area contributed by atoms with Gasteiger partial charge in [0, 0.05) is 20.6 Å². The van der Waals surface area contributed by atoms with E-state index in [-0.39, 0.29) is 23.6 Å². The summed E-state index contributed by atoms with van der Waals surface area (Å²) in [6.07, 6.45) is -2.00. The first-order chi connectivity index (χ1) is 9.79. The molecule has 8 heteroatoms. The van der Waals surface area contributed by atoms with E-state index < -0.39 is 23.5 Å². The van der Waals surface area contributed by atoms with Crippen molar-refractivity contribution in [3.63, 3.8) is 0 Å². The summed E-state index contributed by atoms with van der Waals surface area (Å²) in [7, 11) is 2.79. The first-order valence-electron chi connectivity index (χ1n) is 6.73. The Morgan fingerprint density at radius 3 is 2.33 bits per heavy atom. The van der Waals surface area contributed by atoms with Gasteiger partial charge in [-0.05, 0) is 5.92 Å². The number of fused-ring (bicyclic) bond motifs is 1. The molecule has 2 aromatic rings. The van der Waals surface area contributed by atoms with E-state index in [0.29, 0.717) is 0 Å². The van der Waals surface area contributed by atoms with Gasteiger partial charge in [0.05, 0.1) is 0 Å². The van der Waals surface area contributed by atoms with Gasteiger partial charge in [0.1, 0.15) is 0 Å². The number of aromatic nitrogens is 4. The van der Waals surface area contributed by atoms with Gasteiger partial charge in [-0.2, -0.15) is 0 Å². The Morgan fingerprint density at radius 1 is 1.19 bits per heavy atom. The molecule has 2 aromatic heterocycles. The summed E-state index contributed by atoms with van der Waals surface area (Å²) < 4.78 is 29.1. The fourth-order valence-corrected chi connectivity index (χ4v) is 2.26. The van der Waals surface area contributed by atoms with Crippen molar-refractivity contribution >= 4 is 11.2 Å². The van der Waals surface area contributed by atoms with Crippen LogP contribution in [0.4, 0.5) is 8.78 Å². The highest BCUT2D eigenvalue weighted by Crippen LogP contribution is 2.20. The molecule has 0 aromatic carbocycles. The van der Waals surface area contributed by atoms with Crippen molar-refractivity contribution in [3.05, 3.63) is 26.7 Å². The molecule has 0 aliphatic rings. The van der Waals surface area contributed by atoms with Gasteiger partial charge in [-0.3, -0.25) is 13.9 Å². The predicted octanol–water partition coefficient (Wildman–Crippen LogP) is 1.42. The van der Waals surface area contributed by atoms with Crippen molar-refractivity contribution in [3.8, 4) is 0 Å². The summed E-state index contributed by atoms with van der Waals surface area (Å²) >= 11 is 0. The molecule has 0 radical (unpaired) electrons. The van der Waals surface area contributed by atoms with Crippen molar-refractivity contribution in [2.24, 2.45) is 20.0 Å². The van der Waals surface area contributed by atoms with Crippen LogP contribution in [0.2, 0.25) is 0 Å². The molecule has 6 nitrogen and oxygen atoms in total. The van der Waals surface area contributed by atoms with Gasteiger partial charge >= 0.3 is 5.69 Å². The third kappa shape index (κ3) is 2.38. The Kier molecular flexibility index (Phi) is 3.97. The second kappa shape index (κ2) is 5.42. The fourth-order valence-electron chi connectivity index (χ4n) is 2.26. The molecule has 0 N–H and O–H groups in total. The zero-order chi connectivity index (χ0) is 15.9. The van der Waals surface area contributed by atoms with Crippen molar-refractivity contribution in [1.29, 1.82) is 0 Å². The molecule has 0 aliphatic heterocycles. The van der Waals surface area contributed by atoms with Crippen molar-refractivity contribution in [2.45, 2.75) is 33.2 Å². The number of rotatable bonds is 4. The molecule has 0 saturated heterocycles. The van der Waals surface area contributed by atoms with Gasteiger partial charge in [-0.15, -0.1) is 0 Å². The van der Waals surface area contributed by atoms with Gasteiger partial charge in [0.25, 0.3) is 12.0 Å². The highest BCUT2D eigenvalue weighted by atomic mass is 19.3. The van der Waals surface area contributed by atoms with Crippen LogP contribution in [0.3, 0.4) is 0 Å². The smallest absolute Gasteiger partial charge is 0.320 e. The van der Waals surface area contributed by atoms with E-state index in [0.717, 1.165) is 20.1 Å². The minimum Gasteiger partial charge on any atom is -0.320 e. The van der Waals surface area contributed by atoms with Crippen LogP contribution in [0.5, 0.6) is 0 Å². The van der Waals surface area contributed by atoms with Crippen LogP contribution in [-0.2, 0) is 20.6 Å². The summed E-state index contributed by atoms with van der Waals surface area (Å²) in [5.41, 5.74) is -1.10. The van der Waals surface area contributed by atoms with Gasteiger partial charge in [0.2, 0.25) is 0 Å². The molecular weight excluding hydrogens is 282 g/mol. The SMILES string of the molecule is CCC(C)Cn1c(=O)c2c(nc(C(F)F)n2C)n(C)c1=O. The number of nitrogens with zero attached hydrogens (tertiary/aromatic N) is 4. The average molecular weight is 300 g/mol. The second-order valence-electron chi connectivity index (χ2n) is 5.27. The van der Waals surface area contributed by atoms with Crippen LogP contribution >= 0.6 is 0 Å². The lowest BCUT2D eigenvalue weighted by atomic mass is 10.1. The average Bonchev–Trinajstić information content (AvgIpc) is 2.79. The zero-order valence-electron chi connectivity index (χ0n) is 12.4. The van der Waals surface area contributed by atoms with Crippen LogP contribution in [0, 0.1) is 5.92 Å². The van der Waals surface area contributed by atoms with Crippen LogP contribution in [0.15, 0.2) is 9.59 Å². The molecule has 0 amide bonds. The van der Waals surface area contributed by atoms with E-state index in [1.165, 1.54) is 14.1 Å². The molecule has 21 heavy (non-hydrogen) atoms. The third-order valence-electron chi connectivity index (χ3n) is 3.78. The number of hydrogen-bond donors (Lipinski definition) is 0. The molecular formula is C13H18F2N4O2. The Labute approximate surface area is 119 Å². The molecule has 1 atom stereocenters. The van der Waals surface area contributed by atoms with Crippen LogP contribution in [0.1, 0.15) is 32.5 Å². The Bertz CT molecular complexity index is 788. The Balaban J connectivity index is 2.83. The minimum absolute atomic E-state index is 0.0109. The maximum Gasteiger partial charge on any atom is 0.332 e. The summed E-state index contributed by atoms with van der Waals surface area (Å²) in [5, 5.41) is 0. The van der Waals surface area contributed by atoms with Gasteiger partial charge in [-0.25, -0.2) is 18.6 Å². The topological polar surface area (TPSA) is 61.8 Å². The van der Waals surface area contributed by atoms with Gasteiger partial charge < -0.3 is 4.57 Å². The monoisotopic (exact) mass is 300 g/mol. The maximum absolute atomic E-state index is 12.9. The number of halogens is 2. The number of aryl methyl sites for hydroxylation is 2. The van der Waals surface area contributed by atoms with Crippen molar-refractivity contribution in [2.75, 3.05) is 0 Å². The first kappa shape index (κ1) is 15.4. The Hall–Kier alpha value is -1.99. The second-order valence-corrected chi connectivity index (χ2v) is 5.27. The zero-order valence-corrected chi connectivity index (χ0v) is 12.4. The third-order valence-corrected chi connectivity index (χ3v) is 3.78. The van der Waals surface area contributed by atoms with E-state index >= 15 is 0 Å². The number of hydrogen-bond acceptors (Lipinski definition) is 3. The largest absolute Gasteiger partial charge is 0.332 e. The van der Waals surface area contributed by atoms with Gasteiger partial charge in [-0.1, -0.05) is 20.3 Å². The molecule has 0 saturated carbocycles. The lowest BCUT2D eigenvalue weighted by molar-refractivity contribution is 0.137. The lowest BCUT2D eigenvalue weighted by Gasteiger charge is -2.12. The Morgan fingerprint density at radius 2 is 1.81 bits per heavy atom. The van der Waals surface area contributed by atoms with E-state index in [9.17, 15) is 18.4 Å². The van der Waals surface area contributed by atoms with Crippen LogP contribution in [0.25, 0.3) is 11.2 Å². The maximum atomic E-state index is 12.9. The normalized spacial score (nSPS) is 13.3. The highest BCUT2D eigenvalue weighted by Gasteiger charge is 2.23. The van der Waals surface area contributed by atoms with Crippen LogP contribution < -0.4 is 11.2 Å². The molecule has 0 bridgehead atoms. The summed E-state index contributed by atoms with van der Waals surface area (Å²) in [6.45, 7) is 4.13. The predicted molar refractivity (Wildman–Crippen MR) is 74.6 cm³/mol. The summed E-state index contributed by atoms with van der Waals surface area (Å²) in [6, 6.07) is 0. The molecule has 2 heterocycles. The number of alkyl halides is 2. The molecule has 1 unspecified atom stereocenters. The first-order valence-corrected chi connectivity index (χ1v) is 6.73. The van der Waals surface area contributed by atoms with E-state index in [1.54, 1.807) is 0 Å². The van der Waals surface area contributed by atoms with E-state index in [4.69, 9.17) is 0 Å². The van der Waals surface area contributed by atoms with Gasteiger partial charge in [0.15, 0.2) is 17.0 Å².